The first-order valence-electron chi connectivity index (χ1n) is 7.33. The number of aliphatic imine (C=N–C) groups is 1. The van der Waals surface area contributed by atoms with Crippen LogP contribution < -0.4 is 10.6 Å². The Morgan fingerprint density at radius 2 is 1.95 bits per heavy atom. The molecule has 0 aromatic carbocycles. The number of rotatable bonds is 7. The van der Waals surface area contributed by atoms with Crippen molar-refractivity contribution in [2.45, 2.75) is 20.3 Å². The molecule has 0 bridgehead atoms. The number of guanidine groups is 1. The molecule has 22 heavy (non-hydrogen) atoms. The number of nitrogens with one attached hydrogen (secondary N) is 2. The van der Waals surface area contributed by atoms with Gasteiger partial charge in [-0.25, -0.2) is 4.99 Å². The van der Waals surface area contributed by atoms with Crippen LogP contribution in [0.15, 0.2) is 29.4 Å². The van der Waals surface area contributed by atoms with Crippen LogP contribution in [-0.4, -0.2) is 55.0 Å². The summed E-state index contributed by atoms with van der Waals surface area (Å²) in [6, 6.07) is 5.80. The maximum atomic E-state index is 12.0. The minimum atomic E-state index is -0.000706. The fraction of sp³-hybridized carbons (Fsp3) is 0.533. The van der Waals surface area contributed by atoms with Gasteiger partial charge in [0.1, 0.15) is 6.54 Å². The fourth-order valence-corrected chi connectivity index (χ4v) is 1.73. The lowest BCUT2D eigenvalue weighted by Gasteiger charge is -2.16. The van der Waals surface area contributed by atoms with E-state index in [9.17, 15) is 4.79 Å². The molecule has 0 saturated heterocycles. The highest BCUT2D eigenvalue weighted by Gasteiger charge is 2.08. The molecule has 124 valence electrons. The van der Waals surface area contributed by atoms with Gasteiger partial charge in [0.05, 0.1) is 0 Å². The minimum absolute atomic E-state index is 0. The molecule has 1 rings (SSSR count). The predicted molar refractivity (Wildman–Crippen MR) is 101 cm³/mol. The summed E-state index contributed by atoms with van der Waals surface area (Å²) in [6.07, 6.45) is 2.51. The molecule has 0 radical (unpaired) electrons. The van der Waals surface area contributed by atoms with Gasteiger partial charge in [-0.3, -0.25) is 9.78 Å². The van der Waals surface area contributed by atoms with E-state index in [1.165, 1.54) is 0 Å². The lowest BCUT2D eigenvalue weighted by molar-refractivity contribution is -0.128. The summed E-state index contributed by atoms with van der Waals surface area (Å²) in [5.41, 5.74) is 0.988. The maximum Gasteiger partial charge on any atom is 0.244 e. The summed E-state index contributed by atoms with van der Waals surface area (Å²) in [5, 5.41) is 6.19. The molecule has 0 fully saturated rings. The van der Waals surface area contributed by atoms with Crippen LogP contribution in [0.5, 0.6) is 0 Å². The molecule has 0 aliphatic carbocycles. The second-order valence-corrected chi connectivity index (χ2v) is 4.61. The van der Waals surface area contributed by atoms with Crippen molar-refractivity contribution in [3.63, 3.8) is 0 Å². The average Bonchev–Trinajstić information content (AvgIpc) is 2.51. The highest BCUT2D eigenvalue weighted by atomic mass is 127. The van der Waals surface area contributed by atoms with E-state index in [2.05, 4.69) is 20.6 Å². The quantitative estimate of drug-likeness (QED) is 0.397. The molecule has 1 aromatic rings. The van der Waals surface area contributed by atoms with Crippen LogP contribution in [0, 0.1) is 0 Å². The molecule has 0 spiro atoms. The standard InChI is InChI=1S/C15H25N5O.HI/c1-4-16-15(17-5-2)19-12-14(21)20(3)11-9-13-8-6-7-10-18-13;/h6-8,10H,4-5,9,11-12H2,1-3H3,(H2,16,17,19);1H. The summed E-state index contributed by atoms with van der Waals surface area (Å²) < 4.78 is 0. The van der Waals surface area contributed by atoms with E-state index in [0.29, 0.717) is 12.5 Å². The SMILES string of the molecule is CCNC(=NCC(=O)N(C)CCc1ccccn1)NCC.I. The lowest BCUT2D eigenvalue weighted by atomic mass is 10.2. The highest BCUT2D eigenvalue weighted by Crippen LogP contribution is 1.97. The average molecular weight is 419 g/mol. The Balaban J connectivity index is 0.00000441. The van der Waals surface area contributed by atoms with Crippen molar-refractivity contribution >= 4 is 35.8 Å². The molecule has 1 amide bonds. The number of likely N-dealkylation sites (N-methyl/N-ethyl adjacent to an activating group) is 1. The van der Waals surface area contributed by atoms with E-state index >= 15 is 0 Å². The summed E-state index contributed by atoms with van der Waals surface area (Å²) in [4.78, 5) is 22.2. The van der Waals surface area contributed by atoms with Crippen molar-refractivity contribution in [2.24, 2.45) is 4.99 Å². The van der Waals surface area contributed by atoms with E-state index < -0.39 is 0 Å². The number of hydrogen-bond donors (Lipinski definition) is 2. The molecule has 0 saturated carbocycles. The highest BCUT2D eigenvalue weighted by molar-refractivity contribution is 14.0. The van der Waals surface area contributed by atoms with Crippen molar-refractivity contribution in [3.05, 3.63) is 30.1 Å². The largest absolute Gasteiger partial charge is 0.357 e. The van der Waals surface area contributed by atoms with Gasteiger partial charge in [-0.15, -0.1) is 24.0 Å². The molecular weight excluding hydrogens is 393 g/mol. The number of carbonyl (C=O) groups excluding carboxylic acids is 1. The van der Waals surface area contributed by atoms with Gasteiger partial charge in [0.15, 0.2) is 5.96 Å². The molecular formula is C15H26IN5O. The van der Waals surface area contributed by atoms with Crippen LogP contribution >= 0.6 is 24.0 Å². The van der Waals surface area contributed by atoms with Gasteiger partial charge in [0, 0.05) is 45.0 Å². The van der Waals surface area contributed by atoms with E-state index in [0.717, 1.165) is 25.2 Å². The van der Waals surface area contributed by atoms with Crippen molar-refractivity contribution in [2.75, 3.05) is 33.2 Å². The fourth-order valence-electron chi connectivity index (χ4n) is 1.73. The third kappa shape index (κ3) is 8.16. The Morgan fingerprint density at radius 1 is 1.27 bits per heavy atom. The van der Waals surface area contributed by atoms with Gasteiger partial charge in [-0.2, -0.15) is 0 Å². The summed E-state index contributed by atoms with van der Waals surface area (Å²) >= 11 is 0. The molecule has 1 heterocycles. The Bertz CT molecular complexity index is 445. The first-order chi connectivity index (χ1) is 10.2. The number of halogens is 1. The van der Waals surface area contributed by atoms with Crippen LogP contribution in [0.3, 0.4) is 0 Å². The Labute approximate surface area is 149 Å². The number of hydrogen-bond acceptors (Lipinski definition) is 3. The minimum Gasteiger partial charge on any atom is -0.357 e. The van der Waals surface area contributed by atoms with E-state index in [4.69, 9.17) is 0 Å². The molecule has 6 nitrogen and oxygen atoms in total. The van der Waals surface area contributed by atoms with Crippen LogP contribution in [-0.2, 0) is 11.2 Å². The van der Waals surface area contributed by atoms with E-state index in [1.54, 1.807) is 18.1 Å². The molecule has 0 aliphatic heterocycles. The molecule has 2 N–H and O–H groups in total. The van der Waals surface area contributed by atoms with E-state index in [1.807, 2.05) is 32.0 Å². The third-order valence-corrected chi connectivity index (χ3v) is 2.92. The first-order valence-corrected chi connectivity index (χ1v) is 7.33. The zero-order chi connectivity index (χ0) is 15.5. The number of amides is 1. The normalized spacial score (nSPS) is 9.41. The first kappa shape index (κ1) is 20.6. The van der Waals surface area contributed by atoms with Crippen LogP contribution in [0.4, 0.5) is 0 Å². The van der Waals surface area contributed by atoms with Gasteiger partial charge in [0.25, 0.3) is 0 Å². The third-order valence-electron chi connectivity index (χ3n) is 2.92. The van der Waals surface area contributed by atoms with Gasteiger partial charge < -0.3 is 15.5 Å². The van der Waals surface area contributed by atoms with Gasteiger partial charge in [-0.05, 0) is 26.0 Å². The summed E-state index contributed by atoms with van der Waals surface area (Å²) in [6.45, 7) is 6.32. The Kier molecular flexibility index (Phi) is 11.4. The Hall–Kier alpha value is -1.38. The number of carbonyl (C=O) groups is 1. The van der Waals surface area contributed by atoms with Crippen molar-refractivity contribution in [1.29, 1.82) is 0 Å². The topological polar surface area (TPSA) is 69.6 Å². The van der Waals surface area contributed by atoms with Crippen molar-refractivity contribution in [1.82, 2.24) is 20.5 Å². The van der Waals surface area contributed by atoms with Gasteiger partial charge >= 0.3 is 0 Å². The van der Waals surface area contributed by atoms with E-state index in [-0.39, 0.29) is 36.4 Å². The zero-order valence-electron chi connectivity index (χ0n) is 13.5. The van der Waals surface area contributed by atoms with Crippen LogP contribution in [0.2, 0.25) is 0 Å². The van der Waals surface area contributed by atoms with Gasteiger partial charge in [0.2, 0.25) is 5.91 Å². The molecule has 0 unspecified atom stereocenters. The maximum absolute atomic E-state index is 12.0. The zero-order valence-corrected chi connectivity index (χ0v) is 15.8. The Morgan fingerprint density at radius 3 is 2.50 bits per heavy atom. The number of aromatic nitrogens is 1. The molecule has 0 atom stereocenters. The second-order valence-electron chi connectivity index (χ2n) is 4.61. The monoisotopic (exact) mass is 419 g/mol. The second kappa shape index (κ2) is 12.2. The van der Waals surface area contributed by atoms with Crippen molar-refractivity contribution < 1.29 is 4.79 Å². The molecule has 1 aromatic heterocycles. The molecule has 0 aliphatic rings. The summed E-state index contributed by atoms with van der Waals surface area (Å²) in [7, 11) is 1.79. The molecule has 7 heteroatoms. The van der Waals surface area contributed by atoms with Crippen LogP contribution in [0.1, 0.15) is 19.5 Å². The lowest BCUT2D eigenvalue weighted by Crippen LogP contribution is -2.38. The number of nitrogens with zero attached hydrogens (tertiary/aromatic N) is 3. The number of pyridine rings is 1. The predicted octanol–water partition coefficient (Wildman–Crippen LogP) is 1.28. The smallest absolute Gasteiger partial charge is 0.244 e. The van der Waals surface area contributed by atoms with Crippen LogP contribution in [0.25, 0.3) is 0 Å². The van der Waals surface area contributed by atoms with Gasteiger partial charge in [-0.1, -0.05) is 6.07 Å². The van der Waals surface area contributed by atoms with Crippen molar-refractivity contribution in [3.8, 4) is 0 Å². The summed E-state index contributed by atoms with van der Waals surface area (Å²) in [5.74, 6) is 0.672.